The largest absolute Gasteiger partial charge is 0.462 e. The van der Waals surface area contributed by atoms with Crippen LogP contribution in [0.25, 0.3) is 11.0 Å². The Bertz CT molecular complexity index is 783. The maximum absolute atomic E-state index is 11.5. The number of ether oxygens (including phenoxy) is 2. The van der Waals surface area contributed by atoms with Crippen LogP contribution in [0.5, 0.6) is 5.75 Å². The van der Waals surface area contributed by atoms with Gasteiger partial charge in [-0.1, -0.05) is 0 Å². The maximum Gasteiger partial charge on any atom is 0.336 e. The van der Waals surface area contributed by atoms with Crippen molar-refractivity contribution in [3.05, 3.63) is 40.2 Å². The molecule has 2 aromatic rings. The highest BCUT2D eigenvalue weighted by Gasteiger charge is 2.44. The minimum absolute atomic E-state index is 0.237. The van der Waals surface area contributed by atoms with Crippen molar-refractivity contribution >= 4 is 11.0 Å². The van der Waals surface area contributed by atoms with Crippen molar-refractivity contribution in [1.29, 1.82) is 0 Å². The molecular formula is C16H18O8. The molecule has 1 fully saturated rings. The fourth-order valence-electron chi connectivity index (χ4n) is 2.68. The molecule has 0 spiro atoms. The van der Waals surface area contributed by atoms with Crippen LogP contribution >= 0.6 is 0 Å². The standard InChI is InChI=1S/C16H18O8/c1-7-4-12(18)23-10-5-8(2-3-9(7)10)22-16-15(21)14(20)13(19)11(6-17)24-16/h2-5,11,13-17,19-21H,6H2,1H3/t11?,13-,14?,15?,16?/m1/s1. The van der Waals surface area contributed by atoms with Crippen LogP contribution < -0.4 is 10.4 Å². The summed E-state index contributed by atoms with van der Waals surface area (Å²) >= 11 is 0. The average molecular weight is 338 g/mol. The summed E-state index contributed by atoms with van der Waals surface area (Å²) in [6.45, 7) is 1.23. The molecule has 0 aliphatic carbocycles. The molecule has 1 aliphatic heterocycles. The molecule has 3 rings (SSSR count). The van der Waals surface area contributed by atoms with Gasteiger partial charge in [-0.2, -0.15) is 0 Å². The minimum atomic E-state index is -1.53. The third kappa shape index (κ3) is 3.02. The monoisotopic (exact) mass is 338 g/mol. The highest BCUT2D eigenvalue weighted by molar-refractivity contribution is 5.81. The highest BCUT2D eigenvalue weighted by atomic mass is 16.7. The molecule has 5 atom stereocenters. The molecule has 8 nitrogen and oxygen atoms in total. The number of rotatable bonds is 3. The molecule has 0 amide bonds. The molecule has 4 unspecified atom stereocenters. The average Bonchev–Trinajstić information content (AvgIpc) is 2.55. The Morgan fingerprint density at radius 1 is 1.12 bits per heavy atom. The summed E-state index contributed by atoms with van der Waals surface area (Å²) in [4.78, 5) is 11.5. The summed E-state index contributed by atoms with van der Waals surface area (Å²) in [7, 11) is 0. The predicted molar refractivity (Wildman–Crippen MR) is 81.6 cm³/mol. The lowest BCUT2D eigenvalue weighted by molar-refractivity contribution is -0.277. The number of hydrogen-bond acceptors (Lipinski definition) is 8. The second kappa shape index (κ2) is 6.50. The Labute approximate surface area is 136 Å². The molecule has 1 saturated heterocycles. The highest BCUT2D eigenvalue weighted by Crippen LogP contribution is 2.27. The molecule has 0 bridgehead atoms. The smallest absolute Gasteiger partial charge is 0.336 e. The molecule has 130 valence electrons. The molecule has 4 N–H and O–H groups in total. The first-order valence-electron chi connectivity index (χ1n) is 7.42. The van der Waals surface area contributed by atoms with E-state index >= 15 is 0 Å². The van der Waals surface area contributed by atoms with E-state index in [9.17, 15) is 20.1 Å². The Morgan fingerprint density at radius 2 is 1.88 bits per heavy atom. The fourth-order valence-corrected chi connectivity index (χ4v) is 2.68. The first kappa shape index (κ1) is 16.9. The van der Waals surface area contributed by atoms with E-state index in [4.69, 9.17) is 19.0 Å². The Hall–Kier alpha value is -1.97. The number of aryl methyl sites for hydroxylation is 1. The van der Waals surface area contributed by atoms with Crippen molar-refractivity contribution in [1.82, 2.24) is 0 Å². The second-order valence-electron chi connectivity index (χ2n) is 5.72. The van der Waals surface area contributed by atoms with Crippen LogP contribution in [0.3, 0.4) is 0 Å². The molecule has 1 aliphatic rings. The SMILES string of the molecule is Cc1cc(=O)oc2cc(OC3OC(CO)[C@@H](O)C(O)C3O)ccc12. The van der Waals surface area contributed by atoms with Gasteiger partial charge in [-0.05, 0) is 24.6 Å². The van der Waals surface area contributed by atoms with Gasteiger partial charge in [0, 0.05) is 17.5 Å². The van der Waals surface area contributed by atoms with Crippen molar-refractivity contribution in [3.8, 4) is 5.75 Å². The molecule has 2 heterocycles. The van der Waals surface area contributed by atoms with E-state index in [-0.39, 0.29) is 5.75 Å². The molecular weight excluding hydrogens is 320 g/mol. The van der Waals surface area contributed by atoms with E-state index in [1.807, 2.05) is 0 Å². The number of hydrogen-bond donors (Lipinski definition) is 4. The number of aliphatic hydroxyl groups excluding tert-OH is 4. The Balaban J connectivity index is 1.87. The number of aliphatic hydroxyl groups is 4. The van der Waals surface area contributed by atoms with Crippen molar-refractivity contribution in [3.63, 3.8) is 0 Å². The quantitative estimate of drug-likeness (QED) is 0.540. The lowest BCUT2D eigenvalue weighted by Crippen LogP contribution is -2.60. The first-order chi connectivity index (χ1) is 11.4. The van der Waals surface area contributed by atoms with E-state index in [0.29, 0.717) is 5.58 Å². The van der Waals surface area contributed by atoms with Gasteiger partial charge in [0.05, 0.1) is 6.61 Å². The summed E-state index contributed by atoms with van der Waals surface area (Å²) in [5.41, 5.74) is 0.563. The molecule has 0 saturated carbocycles. The van der Waals surface area contributed by atoms with Crippen LogP contribution in [-0.4, -0.2) is 57.7 Å². The first-order valence-corrected chi connectivity index (χ1v) is 7.42. The normalized spacial score (nSPS) is 30.5. The van der Waals surface area contributed by atoms with Crippen LogP contribution in [0.1, 0.15) is 5.56 Å². The maximum atomic E-state index is 11.5. The fraction of sp³-hybridized carbons (Fsp3) is 0.438. The van der Waals surface area contributed by atoms with Crippen LogP contribution in [-0.2, 0) is 4.74 Å². The summed E-state index contributed by atoms with van der Waals surface area (Å²) < 4.78 is 15.9. The zero-order valence-electron chi connectivity index (χ0n) is 12.8. The van der Waals surface area contributed by atoms with Crippen LogP contribution in [0.15, 0.2) is 33.5 Å². The second-order valence-corrected chi connectivity index (χ2v) is 5.72. The molecule has 8 heteroatoms. The zero-order chi connectivity index (χ0) is 17.4. The molecule has 24 heavy (non-hydrogen) atoms. The predicted octanol–water partition coefficient (Wildman–Crippen LogP) is -0.720. The van der Waals surface area contributed by atoms with E-state index in [0.717, 1.165) is 10.9 Å². The van der Waals surface area contributed by atoms with Crippen LogP contribution in [0.2, 0.25) is 0 Å². The zero-order valence-corrected chi connectivity index (χ0v) is 12.8. The van der Waals surface area contributed by atoms with Gasteiger partial charge >= 0.3 is 5.63 Å². The molecule has 1 aromatic carbocycles. The van der Waals surface area contributed by atoms with Crippen molar-refractivity contribution < 1.29 is 34.3 Å². The third-order valence-electron chi connectivity index (χ3n) is 4.02. The van der Waals surface area contributed by atoms with Crippen molar-refractivity contribution in [2.45, 2.75) is 37.6 Å². The molecule has 0 radical (unpaired) electrons. The summed E-state index contributed by atoms with van der Waals surface area (Å²) in [5.74, 6) is 0.237. The van der Waals surface area contributed by atoms with Crippen LogP contribution in [0, 0.1) is 6.92 Å². The third-order valence-corrected chi connectivity index (χ3v) is 4.02. The molecule has 1 aromatic heterocycles. The van der Waals surface area contributed by atoms with Gasteiger partial charge in [0.25, 0.3) is 0 Å². The minimum Gasteiger partial charge on any atom is -0.462 e. The topological polar surface area (TPSA) is 130 Å². The van der Waals surface area contributed by atoms with E-state index in [1.165, 1.54) is 12.1 Å². The van der Waals surface area contributed by atoms with Gasteiger partial charge in [0.1, 0.15) is 35.7 Å². The summed E-state index contributed by atoms with van der Waals surface area (Å²) in [5, 5.41) is 39.4. The van der Waals surface area contributed by atoms with E-state index < -0.39 is 42.9 Å². The van der Waals surface area contributed by atoms with Gasteiger partial charge in [-0.25, -0.2) is 4.79 Å². The van der Waals surface area contributed by atoms with Crippen molar-refractivity contribution in [2.24, 2.45) is 0 Å². The van der Waals surface area contributed by atoms with Gasteiger partial charge < -0.3 is 34.3 Å². The van der Waals surface area contributed by atoms with Gasteiger partial charge in [0.15, 0.2) is 0 Å². The lowest BCUT2D eigenvalue weighted by atomic mass is 9.99. The van der Waals surface area contributed by atoms with Gasteiger partial charge in [-0.15, -0.1) is 0 Å². The number of benzene rings is 1. The van der Waals surface area contributed by atoms with E-state index in [2.05, 4.69) is 0 Å². The van der Waals surface area contributed by atoms with Crippen LogP contribution in [0.4, 0.5) is 0 Å². The summed E-state index contributed by atoms with van der Waals surface area (Å²) in [6, 6.07) is 6.12. The van der Waals surface area contributed by atoms with E-state index in [1.54, 1.807) is 19.1 Å². The lowest BCUT2D eigenvalue weighted by Gasteiger charge is -2.39. The summed E-state index contributed by atoms with van der Waals surface area (Å²) in [6.07, 6.45) is -6.85. The van der Waals surface area contributed by atoms with Gasteiger partial charge in [0.2, 0.25) is 6.29 Å². The Kier molecular flexibility index (Phi) is 4.57. The van der Waals surface area contributed by atoms with Gasteiger partial charge in [-0.3, -0.25) is 0 Å². The number of fused-ring (bicyclic) bond motifs is 1. The Morgan fingerprint density at radius 3 is 2.58 bits per heavy atom. The van der Waals surface area contributed by atoms with Crippen molar-refractivity contribution in [2.75, 3.05) is 6.61 Å².